The third-order valence-electron chi connectivity index (χ3n) is 4.11. The minimum atomic E-state index is -3.29. The molecule has 0 aliphatic carbocycles. The summed E-state index contributed by atoms with van der Waals surface area (Å²) < 4.78 is 23.0. The molecule has 1 heterocycles. The van der Waals surface area contributed by atoms with Gasteiger partial charge in [0.05, 0.1) is 4.90 Å². The first-order chi connectivity index (χ1) is 10.4. The van der Waals surface area contributed by atoms with Crippen LogP contribution in [0.25, 0.3) is 0 Å². The lowest BCUT2D eigenvalue weighted by atomic mass is 9.99. The van der Waals surface area contributed by atoms with Gasteiger partial charge in [-0.3, -0.25) is 4.79 Å². The van der Waals surface area contributed by atoms with Crippen LogP contribution in [0.2, 0.25) is 0 Å². The number of amides is 1. The standard InChI is InChI=1S/C16H24N2O3S/c1-13-6-9-18(10-7-13)11-8-17-16(19)14-4-3-5-15(12-14)22(2,20)21/h3-5,12-13H,6-11H2,1-2H3,(H,17,19). The van der Waals surface area contributed by atoms with Crippen LogP contribution < -0.4 is 5.32 Å². The van der Waals surface area contributed by atoms with Crippen molar-refractivity contribution in [2.75, 3.05) is 32.4 Å². The topological polar surface area (TPSA) is 66.5 Å². The molecule has 0 saturated carbocycles. The highest BCUT2D eigenvalue weighted by molar-refractivity contribution is 7.90. The summed E-state index contributed by atoms with van der Waals surface area (Å²) in [5.74, 6) is 0.570. The Balaban J connectivity index is 1.85. The lowest BCUT2D eigenvalue weighted by Gasteiger charge is -2.30. The van der Waals surface area contributed by atoms with Crippen molar-refractivity contribution in [3.05, 3.63) is 29.8 Å². The largest absolute Gasteiger partial charge is 0.351 e. The fourth-order valence-electron chi connectivity index (χ4n) is 2.58. The molecule has 0 aromatic heterocycles. The minimum absolute atomic E-state index is 0.171. The molecule has 1 fully saturated rings. The number of carbonyl (C=O) groups excluding carboxylic acids is 1. The number of piperidine rings is 1. The zero-order chi connectivity index (χ0) is 16.2. The summed E-state index contributed by atoms with van der Waals surface area (Å²) in [7, 11) is -3.29. The van der Waals surface area contributed by atoms with Crippen molar-refractivity contribution < 1.29 is 13.2 Å². The molecule has 1 aliphatic rings. The predicted molar refractivity (Wildman–Crippen MR) is 86.7 cm³/mol. The molecule has 1 aromatic carbocycles. The molecule has 0 bridgehead atoms. The molecule has 0 spiro atoms. The van der Waals surface area contributed by atoms with Gasteiger partial charge in [-0.15, -0.1) is 0 Å². The van der Waals surface area contributed by atoms with Gasteiger partial charge in [0.25, 0.3) is 5.91 Å². The first-order valence-electron chi connectivity index (χ1n) is 7.67. The van der Waals surface area contributed by atoms with Gasteiger partial charge in [-0.1, -0.05) is 13.0 Å². The lowest BCUT2D eigenvalue weighted by Crippen LogP contribution is -2.39. The highest BCUT2D eigenvalue weighted by Gasteiger charge is 2.16. The maximum Gasteiger partial charge on any atom is 0.251 e. The number of rotatable bonds is 5. The fraction of sp³-hybridized carbons (Fsp3) is 0.562. The Morgan fingerprint density at radius 3 is 2.64 bits per heavy atom. The summed E-state index contributed by atoms with van der Waals surface area (Å²) >= 11 is 0. The number of likely N-dealkylation sites (tertiary alicyclic amines) is 1. The molecule has 0 atom stereocenters. The van der Waals surface area contributed by atoms with Gasteiger partial charge < -0.3 is 10.2 Å². The number of carbonyl (C=O) groups is 1. The Kier molecular flexibility index (Phi) is 5.58. The van der Waals surface area contributed by atoms with Gasteiger partial charge >= 0.3 is 0 Å². The number of hydrogen-bond donors (Lipinski definition) is 1. The van der Waals surface area contributed by atoms with Crippen molar-refractivity contribution in [1.82, 2.24) is 10.2 Å². The van der Waals surface area contributed by atoms with Gasteiger partial charge in [-0.25, -0.2) is 8.42 Å². The second-order valence-electron chi connectivity index (χ2n) is 6.08. The van der Waals surface area contributed by atoms with E-state index in [0.29, 0.717) is 12.1 Å². The van der Waals surface area contributed by atoms with E-state index in [1.807, 2.05) is 0 Å². The molecule has 1 saturated heterocycles. The van der Waals surface area contributed by atoms with Crippen LogP contribution in [-0.4, -0.2) is 51.7 Å². The molecule has 5 nitrogen and oxygen atoms in total. The van der Waals surface area contributed by atoms with Crippen molar-refractivity contribution >= 4 is 15.7 Å². The van der Waals surface area contributed by atoms with Crippen LogP contribution in [0.15, 0.2) is 29.2 Å². The second-order valence-corrected chi connectivity index (χ2v) is 8.10. The average Bonchev–Trinajstić information content (AvgIpc) is 2.48. The van der Waals surface area contributed by atoms with Crippen LogP contribution in [0.1, 0.15) is 30.1 Å². The number of sulfone groups is 1. The molecule has 0 unspecified atom stereocenters. The maximum atomic E-state index is 12.1. The number of hydrogen-bond acceptors (Lipinski definition) is 4. The Hall–Kier alpha value is -1.40. The molecule has 122 valence electrons. The average molecular weight is 324 g/mol. The normalized spacial score (nSPS) is 17.4. The highest BCUT2D eigenvalue weighted by Crippen LogP contribution is 2.15. The van der Waals surface area contributed by atoms with E-state index in [-0.39, 0.29) is 10.8 Å². The SMILES string of the molecule is CC1CCN(CCNC(=O)c2cccc(S(C)(=O)=O)c2)CC1. The van der Waals surface area contributed by atoms with E-state index in [4.69, 9.17) is 0 Å². The molecule has 1 aromatic rings. The van der Waals surface area contributed by atoms with Gasteiger partial charge in [0.2, 0.25) is 0 Å². The maximum absolute atomic E-state index is 12.1. The van der Waals surface area contributed by atoms with E-state index >= 15 is 0 Å². The van der Waals surface area contributed by atoms with E-state index < -0.39 is 9.84 Å². The third-order valence-corrected chi connectivity index (χ3v) is 5.22. The quantitative estimate of drug-likeness (QED) is 0.892. The van der Waals surface area contributed by atoms with E-state index in [1.165, 1.54) is 25.0 Å². The zero-order valence-corrected chi connectivity index (χ0v) is 14.0. The molecule has 0 radical (unpaired) electrons. The van der Waals surface area contributed by atoms with Crippen LogP contribution in [-0.2, 0) is 9.84 Å². The number of nitrogens with zero attached hydrogens (tertiary/aromatic N) is 1. The van der Waals surface area contributed by atoms with Crippen LogP contribution in [0.4, 0.5) is 0 Å². The van der Waals surface area contributed by atoms with Crippen LogP contribution in [0.3, 0.4) is 0 Å². The van der Waals surface area contributed by atoms with E-state index in [2.05, 4.69) is 17.1 Å². The molecule has 1 aliphatic heterocycles. The summed E-state index contributed by atoms with van der Waals surface area (Å²) in [6, 6.07) is 6.15. The molecule has 1 amide bonds. The smallest absolute Gasteiger partial charge is 0.251 e. The molecular formula is C16H24N2O3S. The highest BCUT2D eigenvalue weighted by atomic mass is 32.2. The fourth-order valence-corrected chi connectivity index (χ4v) is 3.25. The van der Waals surface area contributed by atoms with E-state index in [1.54, 1.807) is 12.1 Å². The summed E-state index contributed by atoms with van der Waals surface area (Å²) in [4.78, 5) is 14.6. The van der Waals surface area contributed by atoms with Crippen LogP contribution >= 0.6 is 0 Å². The van der Waals surface area contributed by atoms with Crippen molar-refractivity contribution in [1.29, 1.82) is 0 Å². The Labute approximate surface area is 132 Å². The summed E-state index contributed by atoms with van der Waals surface area (Å²) in [6.45, 7) is 5.86. The monoisotopic (exact) mass is 324 g/mol. The number of nitrogens with one attached hydrogen (secondary N) is 1. The molecular weight excluding hydrogens is 300 g/mol. The van der Waals surface area contributed by atoms with E-state index in [0.717, 1.165) is 31.8 Å². The zero-order valence-electron chi connectivity index (χ0n) is 13.2. The van der Waals surface area contributed by atoms with Crippen molar-refractivity contribution in [3.63, 3.8) is 0 Å². The van der Waals surface area contributed by atoms with Crippen molar-refractivity contribution in [3.8, 4) is 0 Å². The Morgan fingerprint density at radius 1 is 1.32 bits per heavy atom. The second kappa shape index (κ2) is 7.24. The minimum Gasteiger partial charge on any atom is -0.351 e. The summed E-state index contributed by atoms with van der Waals surface area (Å²) in [6.07, 6.45) is 3.57. The Bertz CT molecular complexity index is 620. The molecule has 22 heavy (non-hydrogen) atoms. The molecule has 2 rings (SSSR count). The van der Waals surface area contributed by atoms with Crippen LogP contribution in [0.5, 0.6) is 0 Å². The summed E-state index contributed by atoms with van der Waals surface area (Å²) in [5, 5.41) is 2.86. The van der Waals surface area contributed by atoms with Gasteiger partial charge in [0.1, 0.15) is 0 Å². The van der Waals surface area contributed by atoms with Gasteiger partial charge in [0.15, 0.2) is 9.84 Å². The molecule has 1 N–H and O–H groups in total. The predicted octanol–water partition coefficient (Wildman–Crippen LogP) is 1.55. The third kappa shape index (κ3) is 4.81. The lowest BCUT2D eigenvalue weighted by molar-refractivity contribution is 0.0944. The van der Waals surface area contributed by atoms with Gasteiger partial charge in [0, 0.05) is 24.9 Å². The van der Waals surface area contributed by atoms with Crippen molar-refractivity contribution in [2.45, 2.75) is 24.7 Å². The van der Waals surface area contributed by atoms with Gasteiger partial charge in [-0.2, -0.15) is 0 Å². The number of benzene rings is 1. The molecule has 6 heteroatoms. The Morgan fingerprint density at radius 2 is 2.00 bits per heavy atom. The van der Waals surface area contributed by atoms with Gasteiger partial charge in [-0.05, 0) is 50.0 Å². The summed E-state index contributed by atoms with van der Waals surface area (Å²) in [5.41, 5.74) is 0.384. The van der Waals surface area contributed by atoms with Crippen molar-refractivity contribution in [2.24, 2.45) is 5.92 Å². The van der Waals surface area contributed by atoms with E-state index in [9.17, 15) is 13.2 Å². The first-order valence-corrected chi connectivity index (χ1v) is 9.56. The first kappa shape index (κ1) is 17.0. The van der Waals surface area contributed by atoms with Crippen LogP contribution in [0, 0.1) is 5.92 Å².